The molecule has 2 aromatic carbocycles. The Morgan fingerprint density at radius 2 is 1.00 bits per heavy atom. The predicted molar refractivity (Wildman–Crippen MR) is 144 cm³/mol. The van der Waals surface area contributed by atoms with Gasteiger partial charge in [-0.3, -0.25) is 9.59 Å². The number of carbonyl (C=O) groups is 2. The molecule has 0 fully saturated rings. The van der Waals surface area contributed by atoms with Crippen molar-refractivity contribution in [1.29, 1.82) is 0 Å². The summed E-state index contributed by atoms with van der Waals surface area (Å²) >= 11 is 0. The Kier molecular flexibility index (Phi) is 22.3. The predicted octanol–water partition coefficient (Wildman–Crippen LogP) is 5.52. The van der Waals surface area contributed by atoms with Gasteiger partial charge in [0.2, 0.25) is 0 Å². The van der Waals surface area contributed by atoms with Crippen LogP contribution in [-0.4, -0.2) is 46.1 Å². The summed E-state index contributed by atoms with van der Waals surface area (Å²) in [5.41, 5.74) is 1.69. The van der Waals surface area contributed by atoms with Crippen molar-refractivity contribution >= 4 is 19.3 Å². The largest absolute Gasteiger partial charge is 0.633 e. The minimum absolute atomic E-state index is 0.112. The molecule has 2 rings (SSSR count). The summed E-state index contributed by atoms with van der Waals surface area (Å²) in [7, 11) is -1.60. The Morgan fingerprint density at radius 3 is 1.33 bits per heavy atom. The molecule has 0 aliphatic carbocycles. The van der Waals surface area contributed by atoms with Gasteiger partial charge in [0.25, 0.3) is 0 Å². The number of rotatable bonds is 16. The second-order valence-electron chi connectivity index (χ2n) is 8.49. The Morgan fingerprint density at radius 1 is 0.639 bits per heavy atom. The van der Waals surface area contributed by atoms with Crippen molar-refractivity contribution < 1.29 is 34.5 Å². The van der Waals surface area contributed by atoms with Gasteiger partial charge in [-0.05, 0) is 17.5 Å². The molecule has 0 saturated carbocycles. The van der Waals surface area contributed by atoms with E-state index in [1.807, 2.05) is 36.4 Å². The van der Waals surface area contributed by atoms with Gasteiger partial charge in [0.05, 0.1) is 12.8 Å². The van der Waals surface area contributed by atoms with E-state index < -0.39 is 19.3 Å². The highest BCUT2D eigenvalue weighted by Crippen LogP contribution is 2.10. The molecule has 0 aliphatic rings. The maximum atomic E-state index is 10.2. The van der Waals surface area contributed by atoms with Crippen molar-refractivity contribution in [3.05, 3.63) is 71.8 Å². The van der Waals surface area contributed by atoms with E-state index in [9.17, 15) is 9.59 Å². The first-order valence-corrected chi connectivity index (χ1v) is 12.8. The molecule has 4 N–H and O–H groups in total. The van der Waals surface area contributed by atoms with E-state index in [-0.39, 0.29) is 12.8 Å². The zero-order valence-electron chi connectivity index (χ0n) is 21.6. The monoisotopic (exact) mass is 502 g/mol. The van der Waals surface area contributed by atoms with Crippen molar-refractivity contribution in [2.75, 3.05) is 6.61 Å². The standard InChI is InChI=1S/C12H27BO3.2C8H8O2/c1-2-3-4-5-6-7-8-9-10-11-12-16-13(14)15;2*9-8(10)6-7-4-2-1-3-5-7/h14-15H,2-12H2,1H3;2*1-5H,6H2,(H,9,10). The zero-order valence-corrected chi connectivity index (χ0v) is 21.6. The molecule has 0 atom stereocenters. The van der Waals surface area contributed by atoms with Crippen LogP contribution in [0.5, 0.6) is 0 Å². The number of benzene rings is 2. The molecule has 0 aromatic heterocycles. The molecule has 200 valence electrons. The van der Waals surface area contributed by atoms with Gasteiger partial charge in [-0.15, -0.1) is 0 Å². The highest BCUT2D eigenvalue weighted by atomic mass is 16.6. The number of aliphatic carboxylic acids is 2. The minimum atomic E-state index is -1.60. The van der Waals surface area contributed by atoms with Gasteiger partial charge in [-0.25, -0.2) is 0 Å². The van der Waals surface area contributed by atoms with Crippen LogP contribution in [0, 0.1) is 0 Å². The van der Waals surface area contributed by atoms with E-state index in [1.54, 1.807) is 24.3 Å². The van der Waals surface area contributed by atoms with Gasteiger partial charge in [0, 0.05) is 6.61 Å². The first-order chi connectivity index (χ1) is 17.3. The SMILES string of the molecule is CCCCCCCCCCCCOB(O)O.O=C(O)Cc1ccccc1.O=C(O)Cc1ccccc1. The fraction of sp³-hybridized carbons (Fsp3) is 0.500. The zero-order chi connectivity index (χ0) is 26.9. The fourth-order valence-electron chi connectivity index (χ4n) is 3.32. The van der Waals surface area contributed by atoms with Crippen LogP contribution in [0.25, 0.3) is 0 Å². The Labute approximate surface area is 216 Å². The first-order valence-electron chi connectivity index (χ1n) is 12.8. The normalized spacial score (nSPS) is 9.86. The highest BCUT2D eigenvalue weighted by molar-refractivity contribution is 6.32. The number of hydrogen-bond donors (Lipinski definition) is 4. The molecule has 0 aliphatic heterocycles. The lowest BCUT2D eigenvalue weighted by Gasteiger charge is -2.03. The van der Waals surface area contributed by atoms with Gasteiger partial charge < -0.3 is 24.9 Å². The molecule has 2 aromatic rings. The summed E-state index contributed by atoms with van der Waals surface area (Å²) in [5.74, 6) is -1.57. The molecule has 0 radical (unpaired) electrons. The molecular formula is C28H43BO7. The molecule has 7 nitrogen and oxygen atoms in total. The van der Waals surface area contributed by atoms with Crippen LogP contribution in [-0.2, 0) is 27.1 Å². The fourth-order valence-corrected chi connectivity index (χ4v) is 3.32. The van der Waals surface area contributed by atoms with Crippen molar-refractivity contribution in [3.8, 4) is 0 Å². The lowest BCUT2D eigenvalue weighted by Crippen LogP contribution is -2.17. The van der Waals surface area contributed by atoms with E-state index >= 15 is 0 Å². The summed E-state index contributed by atoms with van der Waals surface area (Å²) in [6.07, 6.45) is 13.0. The van der Waals surface area contributed by atoms with Crippen molar-refractivity contribution in [2.45, 2.75) is 84.0 Å². The molecule has 8 heteroatoms. The summed E-state index contributed by atoms with van der Waals surface area (Å²) in [6.45, 7) is 2.69. The average molecular weight is 502 g/mol. The molecule has 0 unspecified atom stereocenters. The third-order valence-corrected chi connectivity index (χ3v) is 5.16. The Balaban J connectivity index is 0.000000532. The molecule has 0 saturated heterocycles. The van der Waals surface area contributed by atoms with E-state index in [4.69, 9.17) is 20.3 Å². The van der Waals surface area contributed by atoms with Gasteiger partial charge >= 0.3 is 19.3 Å². The topological polar surface area (TPSA) is 124 Å². The quantitative estimate of drug-likeness (QED) is 0.176. The van der Waals surface area contributed by atoms with E-state index in [0.717, 1.165) is 24.0 Å². The van der Waals surface area contributed by atoms with E-state index in [0.29, 0.717) is 6.61 Å². The second-order valence-corrected chi connectivity index (χ2v) is 8.49. The number of hydrogen-bond acceptors (Lipinski definition) is 5. The van der Waals surface area contributed by atoms with Gasteiger partial charge in [0.1, 0.15) is 0 Å². The Hall–Kier alpha value is -2.68. The molecule has 0 bridgehead atoms. The lowest BCUT2D eigenvalue weighted by atomic mass is 10.1. The van der Waals surface area contributed by atoms with Crippen LogP contribution in [0.3, 0.4) is 0 Å². The van der Waals surface area contributed by atoms with Gasteiger partial charge in [-0.1, -0.05) is 125 Å². The van der Waals surface area contributed by atoms with Crippen LogP contribution < -0.4 is 0 Å². The third-order valence-electron chi connectivity index (χ3n) is 5.16. The van der Waals surface area contributed by atoms with Crippen LogP contribution in [0.15, 0.2) is 60.7 Å². The van der Waals surface area contributed by atoms with Crippen molar-refractivity contribution in [3.63, 3.8) is 0 Å². The van der Waals surface area contributed by atoms with Gasteiger partial charge in [-0.2, -0.15) is 0 Å². The molecule has 0 spiro atoms. The number of carboxylic acid groups (broad SMARTS) is 2. The van der Waals surface area contributed by atoms with Crippen LogP contribution in [0.1, 0.15) is 82.3 Å². The Bertz CT molecular complexity index is 718. The van der Waals surface area contributed by atoms with E-state index in [1.165, 1.54) is 51.4 Å². The average Bonchev–Trinajstić information content (AvgIpc) is 2.84. The molecule has 36 heavy (non-hydrogen) atoms. The van der Waals surface area contributed by atoms with Crippen LogP contribution >= 0.6 is 0 Å². The number of unbranched alkanes of at least 4 members (excludes halogenated alkanes) is 9. The van der Waals surface area contributed by atoms with Crippen molar-refractivity contribution in [2.24, 2.45) is 0 Å². The first kappa shape index (κ1) is 33.3. The maximum absolute atomic E-state index is 10.2. The smallest absolute Gasteiger partial charge is 0.481 e. The summed E-state index contributed by atoms with van der Waals surface area (Å²) in [5, 5.41) is 33.6. The maximum Gasteiger partial charge on any atom is 0.633 e. The van der Waals surface area contributed by atoms with Gasteiger partial charge in [0.15, 0.2) is 0 Å². The van der Waals surface area contributed by atoms with E-state index in [2.05, 4.69) is 11.6 Å². The molecule has 0 heterocycles. The van der Waals surface area contributed by atoms with Crippen molar-refractivity contribution in [1.82, 2.24) is 0 Å². The lowest BCUT2D eigenvalue weighted by molar-refractivity contribution is -0.137. The minimum Gasteiger partial charge on any atom is -0.481 e. The summed E-state index contributed by atoms with van der Waals surface area (Å²) in [4.78, 5) is 20.3. The molecular weight excluding hydrogens is 459 g/mol. The summed E-state index contributed by atoms with van der Waals surface area (Å²) in [6, 6.07) is 18.3. The molecule has 0 amide bonds. The second kappa shape index (κ2) is 24.0. The van der Waals surface area contributed by atoms with Crippen LogP contribution in [0.2, 0.25) is 0 Å². The van der Waals surface area contributed by atoms with Crippen LogP contribution in [0.4, 0.5) is 0 Å². The third kappa shape index (κ3) is 24.4. The number of carboxylic acids is 2. The summed E-state index contributed by atoms with van der Waals surface area (Å²) < 4.78 is 4.62. The highest BCUT2D eigenvalue weighted by Gasteiger charge is 2.06.